The van der Waals surface area contributed by atoms with Gasteiger partial charge in [0.1, 0.15) is 0 Å². The zero-order valence-electron chi connectivity index (χ0n) is 20.2. The van der Waals surface area contributed by atoms with Gasteiger partial charge in [0.25, 0.3) is 0 Å². The largest absolute Gasteiger partial charge is 0.381 e. The lowest BCUT2D eigenvalue weighted by atomic mass is 9.87. The van der Waals surface area contributed by atoms with Gasteiger partial charge in [-0.1, -0.05) is 39.8 Å². The number of benzene rings is 1. The molecular weight excluding hydrogens is 404 g/mol. The first-order valence-corrected chi connectivity index (χ1v) is 12.9. The summed E-state index contributed by atoms with van der Waals surface area (Å²) >= 11 is 2.07. The second-order valence-electron chi connectivity index (χ2n) is 9.86. The molecule has 0 amide bonds. The standard InChI is InChI=1S/C25H42N4OS/c1-6-31-25(13-17-30-18-14-25)19-27-23(26-5)28-21-11-15-29(16-12-21)22-9-7-20(8-10-22)24(2,3)4/h7-10,21H,6,11-19H2,1-5H3,(H2,26,27,28). The predicted molar refractivity (Wildman–Crippen MR) is 136 cm³/mol. The lowest BCUT2D eigenvalue weighted by Crippen LogP contribution is -2.52. The first-order valence-electron chi connectivity index (χ1n) is 11.9. The van der Waals surface area contributed by atoms with E-state index in [1.807, 2.05) is 7.05 Å². The quantitative estimate of drug-likeness (QED) is 0.500. The molecule has 0 bridgehead atoms. The first-order chi connectivity index (χ1) is 14.8. The molecule has 0 spiro atoms. The first kappa shape index (κ1) is 24.2. The van der Waals surface area contributed by atoms with E-state index in [1.165, 1.54) is 11.3 Å². The fourth-order valence-corrected chi connectivity index (χ4v) is 5.75. The molecule has 0 radical (unpaired) electrons. The summed E-state index contributed by atoms with van der Waals surface area (Å²) in [6, 6.07) is 9.61. The number of guanidine groups is 1. The number of anilines is 1. The summed E-state index contributed by atoms with van der Waals surface area (Å²) in [6.07, 6.45) is 4.48. The summed E-state index contributed by atoms with van der Waals surface area (Å²) in [5.41, 5.74) is 2.94. The molecule has 2 saturated heterocycles. The second-order valence-corrected chi connectivity index (χ2v) is 11.6. The number of aliphatic imine (C=N–C) groups is 1. The number of piperidine rings is 1. The number of nitrogens with zero attached hydrogens (tertiary/aromatic N) is 2. The highest BCUT2D eigenvalue weighted by molar-refractivity contribution is 8.00. The maximum Gasteiger partial charge on any atom is 0.191 e. The normalized spacial score (nSPS) is 20.5. The average molecular weight is 447 g/mol. The van der Waals surface area contributed by atoms with Crippen LogP contribution in [0.2, 0.25) is 0 Å². The summed E-state index contributed by atoms with van der Waals surface area (Å²) in [6.45, 7) is 13.9. The minimum Gasteiger partial charge on any atom is -0.381 e. The van der Waals surface area contributed by atoms with Gasteiger partial charge in [-0.05, 0) is 54.5 Å². The Kier molecular flexibility index (Phi) is 8.57. The molecule has 2 aliphatic rings. The molecule has 2 N–H and O–H groups in total. The molecule has 0 unspecified atom stereocenters. The van der Waals surface area contributed by atoms with Crippen molar-refractivity contribution in [2.45, 2.75) is 69.6 Å². The van der Waals surface area contributed by atoms with Gasteiger partial charge in [-0.15, -0.1) is 0 Å². The van der Waals surface area contributed by atoms with Gasteiger partial charge in [0.05, 0.1) is 0 Å². The van der Waals surface area contributed by atoms with Crippen molar-refractivity contribution >= 4 is 23.4 Å². The van der Waals surface area contributed by atoms with Crippen LogP contribution in [0.1, 0.15) is 58.9 Å². The number of thioether (sulfide) groups is 1. The molecule has 2 heterocycles. The van der Waals surface area contributed by atoms with Crippen molar-refractivity contribution in [3.8, 4) is 0 Å². The predicted octanol–water partition coefficient (Wildman–Crippen LogP) is 4.42. The lowest BCUT2D eigenvalue weighted by Gasteiger charge is -2.38. The van der Waals surface area contributed by atoms with Crippen LogP contribution in [0.5, 0.6) is 0 Å². The van der Waals surface area contributed by atoms with E-state index in [0.717, 1.165) is 70.2 Å². The van der Waals surface area contributed by atoms with Crippen LogP contribution < -0.4 is 15.5 Å². The van der Waals surface area contributed by atoms with Crippen LogP contribution in [-0.2, 0) is 10.2 Å². The Bertz CT molecular complexity index is 694. The van der Waals surface area contributed by atoms with Gasteiger partial charge in [0, 0.05) is 56.4 Å². The third kappa shape index (κ3) is 6.79. The zero-order chi connectivity index (χ0) is 22.3. The highest BCUT2D eigenvalue weighted by Crippen LogP contribution is 2.34. The highest BCUT2D eigenvalue weighted by atomic mass is 32.2. The fraction of sp³-hybridized carbons (Fsp3) is 0.720. The van der Waals surface area contributed by atoms with E-state index in [2.05, 4.69) is 84.2 Å². The van der Waals surface area contributed by atoms with E-state index in [9.17, 15) is 0 Å². The maximum absolute atomic E-state index is 5.60. The molecule has 0 saturated carbocycles. The maximum atomic E-state index is 5.60. The van der Waals surface area contributed by atoms with Crippen molar-refractivity contribution in [1.29, 1.82) is 0 Å². The topological polar surface area (TPSA) is 48.9 Å². The van der Waals surface area contributed by atoms with Gasteiger partial charge in [-0.3, -0.25) is 4.99 Å². The minimum atomic E-state index is 0.206. The van der Waals surface area contributed by atoms with Gasteiger partial charge in [0.15, 0.2) is 5.96 Å². The lowest BCUT2D eigenvalue weighted by molar-refractivity contribution is 0.0782. The summed E-state index contributed by atoms with van der Waals surface area (Å²) in [5.74, 6) is 2.08. The number of hydrogen-bond donors (Lipinski definition) is 2. The van der Waals surface area contributed by atoms with E-state index in [0.29, 0.717) is 6.04 Å². The molecule has 1 aromatic carbocycles. The Hall–Kier alpha value is -1.40. The van der Waals surface area contributed by atoms with Gasteiger partial charge in [-0.2, -0.15) is 11.8 Å². The summed E-state index contributed by atoms with van der Waals surface area (Å²) in [4.78, 5) is 7.02. The van der Waals surface area contributed by atoms with Gasteiger partial charge in [0.2, 0.25) is 0 Å². The van der Waals surface area contributed by atoms with E-state index < -0.39 is 0 Å². The fourth-order valence-electron chi connectivity index (χ4n) is 4.51. The van der Waals surface area contributed by atoms with Gasteiger partial charge in [-0.25, -0.2) is 0 Å². The van der Waals surface area contributed by atoms with Crippen molar-refractivity contribution in [3.05, 3.63) is 29.8 Å². The number of nitrogens with one attached hydrogen (secondary N) is 2. The van der Waals surface area contributed by atoms with Crippen LogP contribution in [0.3, 0.4) is 0 Å². The Morgan fingerprint density at radius 2 is 1.81 bits per heavy atom. The molecule has 31 heavy (non-hydrogen) atoms. The molecule has 0 aliphatic carbocycles. The average Bonchev–Trinajstić information content (AvgIpc) is 2.77. The molecule has 1 aromatic rings. The van der Waals surface area contributed by atoms with Gasteiger partial charge < -0.3 is 20.3 Å². The molecule has 2 fully saturated rings. The highest BCUT2D eigenvalue weighted by Gasteiger charge is 2.33. The second kappa shape index (κ2) is 11.0. The molecule has 6 heteroatoms. The molecule has 5 nitrogen and oxygen atoms in total. The SMILES string of the molecule is CCSC1(CNC(=NC)NC2CCN(c3ccc(C(C)(C)C)cc3)CC2)CCOCC1. The third-order valence-electron chi connectivity index (χ3n) is 6.59. The molecule has 174 valence electrons. The minimum absolute atomic E-state index is 0.206. The zero-order valence-corrected chi connectivity index (χ0v) is 21.0. The van der Waals surface area contributed by atoms with E-state index >= 15 is 0 Å². The van der Waals surface area contributed by atoms with Crippen LogP contribution >= 0.6 is 11.8 Å². The summed E-state index contributed by atoms with van der Waals surface area (Å²) in [5, 5.41) is 7.30. The van der Waals surface area contributed by atoms with E-state index in [4.69, 9.17) is 4.74 Å². The molecule has 0 atom stereocenters. The van der Waals surface area contributed by atoms with Gasteiger partial charge >= 0.3 is 0 Å². The van der Waals surface area contributed by atoms with E-state index in [1.54, 1.807) is 0 Å². The number of ether oxygens (including phenoxy) is 1. The Balaban J connectivity index is 1.48. The van der Waals surface area contributed by atoms with Crippen molar-refractivity contribution in [2.75, 3.05) is 50.5 Å². The summed E-state index contributed by atoms with van der Waals surface area (Å²) in [7, 11) is 1.88. The smallest absolute Gasteiger partial charge is 0.191 e. The van der Waals surface area contributed by atoms with E-state index in [-0.39, 0.29) is 10.2 Å². The van der Waals surface area contributed by atoms with Crippen molar-refractivity contribution in [2.24, 2.45) is 4.99 Å². The third-order valence-corrected chi connectivity index (χ3v) is 8.04. The Labute approximate surface area is 193 Å². The van der Waals surface area contributed by atoms with Crippen LogP contribution in [0.4, 0.5) is 5.69 Å². The van der Waals surface area contributed by atoms with Crippen LogP contribution in [0.15, 0.2) is 29.3 Å². The van der Waals surface area contributed by atoms with Crippen LogP contribution in [0.25, 0.3) is 0 Å². The monoisotopic (exact) mass is 446 g/mol. The van der Waals surface area contributed by atoms with Crippen molar-refractivity contribution in [1.82, 2.24) is 10.6 Å². The number of hydrogen-bond acceptors (Lipinski definition) is 4. The van der Waals surface area contributed by atoms with Crippen LogP contribution in [-0.4, -0.2) is 62.4 Å². The molecular formula is C25H42N4OS. The van der Waals surface area contributed by atoms with Crippen LogP contribution in [0, 0.1) is 0 Å². The Morgan fingerprint density at radius 3 is 2.35 bits per heavy atom. The number of rotatable bonds is 6. The van der Waals surface area contributed by atoms with Crippen molar-refractivity contribution in [3.63, 3.8) is 0 Å². The summed E-state index contributed by atoms with van der Waals surface area (Å²) < 4.78 is 5.87. The molecule has 3 rings (SSSR count). The van der Waals surface area contributed by atoms with Crippen molar-refractivity contribution < 1.29 is 4.74 Å². The molecule has 0 aromatic heterocycles. The molecule has 2 aliphatic heterocycles. The Morgan fingerprint density at radius 1 is 1.16 bits per heavy atom.